The summed E-state index contributed by atoms with van der Waals surface area (Å²) < 4.78 is 16.0. The lowest BCUT2D eigenvalue weighted by molar-refractivity contribution is 0.615. The van der Waals surface area contributed by atoms with Crippen LogP contribution in [0.3, 0.4) is 0 Å². The molecule has 0 unspecified atom stereocenters. The predicted molar refractivity (Wildman–Crippen MR) is 109 cm³/mol. The fourth-order valence-corrected chi connectivity index (χ4v) is 2.76. The van der Waals surface area contributed by atoms with Gasteiger partial charge in [0.2, 0.25) is 0 Å². The van der Waals surface area contributed by atoms with Crippen molar-refractivity contribution in [2.24, 2.45) is 4.99 Å². The highest BCUT2D eigenvalue weighted by atomic mass is 35.5. The Kier molecular flexibility index (Phi) is 6.97. The Bertz CT molecular complexity index is 909. The van der Waals surface area contributed by atoms with Crippen LogP contribution in [0.5, 0.6) is 0 Å². The molecule has 8 heteroatoms. The van der Waals surface area contributed by atoms with Gasteiger partial charge in [-0.15, -0.1) is 0 Å². The normalized spacial score (nSPS) is 11.5. The van der Waals surface area contributed by atoms with Crippen LogP contribution in [0.15, 0.2) is 60.2 Å². The van der Waals surface area contributed by atoms with E-state index in [1.807, 2.05) is 19.1 Å². The number of aliphatic imine (C=N–C) groups is 1. The fraction of sp³-hybridized carbons (Fsp3) is 0.250. The molecule has 3 aromatic rings. The molecule has 0 atom stereocenters. The molecule has 0 saturated heterocycles. The summed E-state index contributed by atoms with van der Waals surface area (Å²) in [5.74, 6) is 0.377. The molecule has 0 aliphatic carbocycles. The third kappa shape index (κ3) is 5.53. The molecule has 0 bridgehead atoms. The fourth-order valence-electron chi connectivity index (χ4n) is 2.65. The first-order chi connectivity index (χ1) is 13.7. The first-order valence-corrected chi connectivity index (χ1v) is 9.43. The van der Waals surface area contributed by atoms with E-state index in [1.165, 1.54) is 6.07 Å². The molecule has 6 nitrogen and oxygen atoms in total. The molecular formula is C20H22ClFN6. The van der Waals surface area contributed by atoms with E-state index in [4.69, 9.17) is 11.6 Å². The largest absolute Gasteiger partial charge is 0.357 e. The second-order valence-corrected chi connectivity index (χ2v) is 6.50. The summed E-state index contributed by atoms with van der Waals surface area (Å²) in [5.41, 5.74) is 2.34. The molecule has 146 valence electrons. The highest BCUT2D eigenvalue weighted by Gasteiger charge is 2.06. The summed E-state index contributed by atoms with van der Waals surface area (Å²) in [7, 11) is 0. The monoisotopic (exact) mass is 400 g/mol. The smallest absolute Gasteiger partial charge is 0.191 e. The van der Waals surface area contributed by atoms with Gasteiger partial charge in [-0.2, -0.15) is 0 Å². The molecule has 3 rings (SSSR count). The minimum absolute atomic E-state index is 0.307. The summed E-state index contributed by atoms with van der Waals surface area (Å²) in [6.45, 7) is 3.81. The van der Waals surface area contributed by atoms with E-state index in [0.717, 1.165) is 24.1 Å². The van der Waals surface area contributed by atoms with Crippen molar-refractivity contribution < 1.29 is 4.39 Å². The lowest BCUT2D eigenvalue weighted by Gasteiger charge is -2.11. The van der Waals surface area contributed by atoms with Crippen molar-refractivity contribution in [2.75, 3.05) is 13.1 Å². The van der Waals surface area contributed by atoms with Gasteiger partial charge in [-0.3, -0.25) is 0 Å². The van der Waals surface area contributed by atoms with Gasteiger partial charge in [0.1, 0.15) is 11.0 Å². The number of nitrogens with one attached hydrogen (secondary N) is 2. The number of imidazole rings is 1. The van der Waals surface area contributed by atoms with Gasteiger partial charge in [-0.25, -0.2) is 19.4 Å². The Morgan fingerprint density at radius 3 is 2.75 bits per heavy atom. The molecule has 0 saturated carbocycles. The van der Waals surface area contributed by atoms with Crippen molar-refractivity contribution in [1.82, 2.24) is 25.2 Å². The van der Waals surface area contributed by atoms with Crippen molar-refractivity contribution >= 4 is 17.6 Å². The maximum absolute atomic E-state index is 14.4. The van der Waals surface area contributed by atoms with E-state index < -0.39 is 0 Å². The summed E-state index contributed by atoms with van der Waals surface area (Å²) >= 11 is 5.80. The number of halogens is 2. The van der Waals surface area contributed by atoms with E-state index in [2.05, 4.69) is 25.6 Å². The quantitative estimate of drug-likeness (QED) is 0.362. The van der Waals surface area contributed by atoms with Crippen molar-refractivity contribution in [1.29, 1.82) is 0 Å². The molecule has 2 N–H and O–H groups in total. The standard InChI is InChI=1S/C20H22ClFN6/c1-2-24-20(25-8-7-15-4-6-19(21)26-12-15)27-13-16-3-5-18(17(22)11-16)28-10-9-23-14-28/h3-6,9-12,14H,2,7-8,13H2,1H3,(H2,24,25,27). The van der Waals surface area contributed by atoms with Gasteiger partial charge in [0.25, 0.3) is 0 Å². The van der Waals surface area contributed by atoms with Crippen LogP contribution < -0.4 is 10.6 Å². The first kappa shape index (κ1) is 19.8. The molecule has 2 aromatic heterocycles. The minimum Gasteiger partial charge on any atom is -0.357 e. The van der Waals surface area contributed by atoms with Crippen LogP contribution in [0.4, 0.5) is 4.39 Å². The third-order valence-corrected chi connectivity index (χ3v) is 4.28. The Balaban J connectivity index is 1.59. The number of nitrogens with zero attached hydrogens (tertiary/aromatic N) is 4. The number of hydrogen-bond donors (Lipinski definition) is 2. The topological polar surface area (TPSA) is 67.1 Å². The summed E-state index contributed by atoms with van der Waals surface area (Å²) in [6.07, 6.45) is 7.45. The molecule has 0 fully saturated rings. The molecule has 0 aliphatic heterocycles. The second-order valence-electron chi connectivity index (χ2n) is 6.12. The molecule has 0 amide bonds. The van der Waals surface area contributed by atoms with Crippen LogP contribution >= 0.6 is 11.6 Å². The highest BCUT2D eigenvalue weighted by Crippen LogP contribution is 2.15. The maximum Gasteiger partial charge on any atom is 0.191 e. The van der Waals surface area contributed by atoms with Gasteiger partial charge in [-0.1, -0.05) is 23.7 Å². The van der Waals surface area contributed by atoms with Crippen LogP contribution in [0.1, 0.15) is 18.1 Å². The lowest BCUT2D eigenvalue weighted by Crippen LogP contribution is -2.38. The van der Waals surface area contributed by atoms with Gasteiger partial charge in [-0.05, 0) is 42.7 Å². The zero-order valence-electron chi connectivity index (χ0n) is 15.6. The van der Waals surface area contributed by atoms with E-state index in [1.54, 1.807) is 41.6 Å². The van der Waals surface area contributed by atoms with Gasteiger partial charge in [0.15, 0.2) is 5.96 Å². The van der Waals surface area contributed by atoms with Gasteiger partial charge >= 0.3 is 0 Å². The molecular weight excluding hydrogens is 379 g/mol. The Morgan fingerprint density at radius 1 is 1.21 bits per heavy atom. The summed E-state index contributed by atoms with van der Waals surface area (Å²) in [4.78, 5) is 12.6. The Hall–Kier alpha value is -2.93. The van der Waals surface area contributed by atoms with E-state index in [-0.39, 0.29) is 5.82 Å². The van der Waals surface area contributed by atoms with Gasteiger partial charge in [0.05, 0.1) is 18.6 Å². The first-order valence-electron chi connectivity index (χ1n) is 9.05. The third-order valence-electron chi connectivity index (χ3n) is 4.05. The van der Waals surface area contributed by atoms with Crippen molar-refractivity contribution in [2.45, 2.75) is 19.9 Å². The van der Waals surface area contributed by atoms with Gasteiger partial charge < -0.3 is 15.2 Å². The number of benzene rings is 1. The van der Waals surface area contributed by atoms with Crippen LogP contribution in [-0.2, 0) is 13.0 Å². The number of hydrogen-bond acceptors (Lipinski definition) is 3. The summed E-state index contributed by atoms with van der Waals surface area (Å²) in [5, 5.41) is 6.95. The average Bonchev–Trinajstić information content (AvgIpc) is 3.22. The molecule has 28 heavy (non-hydrogen) atoms. The van der Waals surface area contributed by atoms with Crippen molar-refractivity contribution in [3.8, 4) is 5.69 Å². The van der Waals surface area contributed by atoms with Crippen molar-refractivity contribution in [3.05, 3.63) is 77.3 Å². The number of pyridine rings is 1. The van der Waals surface area contributed by atoms with Crippen LogP contribution in [0, 0.1) is 5.82 Å². The minimum atomic E-state index is -0.307. The number of aromatic nitrogens is 3. The van der Waals surface area contributed by atoms with E-state index in [0.29, 0.717) is 29.9 Å². The van der Waals surface area contributed by atoms with E-state index >= 15 is 0 Å². The van der Waals surface area contributed by atoms with Crippen LogP contribution in [-0.4, -0.2) is 33.6 Å². The molecule has 2 heterocycles. The molecule has 0 aliphatic rings. The number of guanidine groups is 1. The Labute approximate surface area is 168 Å². The molecule has 0 spiro atoms. The highest BCUT2D eigenvalue weighted by molar-refractivity contribution is 6.29. The predicted octanol–water partition coefficient (Wildman–Crippen LogP) is 3.36. The van der Waals surface area contributed by atoms with Crippen LogP contribution in [0.25, 0.3) is 5.69 Å². The number of rotatable bonds is 7. The van der Waals surface area contributed by atoms with Crippen molar-refractivity contribution in [3.63, 3.8) is 0 Å². The molecule has 1 aromatic carbocycles. The zero-order valence-corrected chi connectivity index (χ0v) is 16.3. The van der Waals surface area contributed by atoms with Crippen LogP contribution in [0.2, 0.25) is 5.15 Å². The average molecular weight is 401 g/mol. The SMILES string of the molecule is CCNC(=NCc1ccc(-n2ccnc2)c(F)c1)NCCc1ccc(Cl)nc1. The maximum atomic E-state index is 14.4. The summed E-state index contributed by atoms with van der Waals surface area (Å²) in [6, 6.07) is 8.83. The Morgan fingerprint density at radius 2 is 2.07 bits per heavy atom. The van der Waals surface area contributed by atoms with E-state index in [9.17, 15) is 4.39 Å². The zero-order chi connectivity index (χ0) is 19.8. The van der Waals surface area contributed by atoms with Gasteiger partial charge in [0, 0.05) is 31.7 Å². The second kappa shape index (κ2) is 9.85. The molecule has 0 radical (unpaired) electrons. The lowest BCUT2D eigenvalue weighted by atomic mass is 10.2.